The maximum absolute atomic E-state index is 12.9. The fourth-order valence-corrected chi connectivity index (χ4v) is 1.90. The Morgan fingerprint density at radius 2 is 2.19 bits per heavy atom. The number of rotatable bonds is 7. The maximum Gasteiger partial charge on any atom is 0.144 e. The van der Waals surface area contributed by atoms with Crippen molar-refractivity contribution >= 4 is 17.4 Å². The molecular weight excluding hydrogens is 225 g/mol. The lowest BCUT2D eigenvalue weighted by Crippen LogP contribution is -2.03. The molecular formula is C12H18FNOS. The molecule has 0 bridgehead atoms. The van der Waals surface area contributed by atoms with Gasteiger partial charge in [-0.25, -0.2) is 4.39 Å². The first-order valence-corrected chi connectivity index (χ1v) is 6.73. The molecule has 16 heavy (non-hydrogen) atoms. The monoisotopic (exact) mass is 243 g/mol. The number of methoxy groups -OCH3 is 1. The minimum Gasteiger partial charge on any atom is -0.494 e. The van der Waals surface area contributed by atoms with E-state index in [9.17, 15) is 4.39 Å². The first kappa shape index (κ1) is 13.2. The molecule has 0 aliphatic rings. The second-order valence-corrected chi connectivity index (χ2v) is 4.46. The van der Waals surface area contributed by atoms with Crippen molar-refractivity contribution in [2.75, 3.05) is 31.0 Å². The van der Waals surface area contributed by atoms with Crippen LogP contribution in [0.1, 0.15) is 12.8 Å². The number of unbranched alkanes of at least 4 members (excludes halogenated alkanes) is 1. The molecule has 0 fully saturated rings. The number of nitrogens with one attached hydrogen (secondary N) is 1. The van der Waals surface area contributed by atoms with Gasteiger partial charge in [-0.15, -0.1) is 0 Å². The molecule has 1 N–H and O–H groups in total. The molecule has 0 saturated carbocycles. The summed E-state index contributed by atoms with van der Waals surface area (Å²) in [6.07, 6.45) is 4.41. The van der Waals surface area contributed by atoms with Crippen molar-refractivity contribution in [3.05, 3.63) is 24.0 Å². The third-order valence-electron chi connectivity index (χ3n) is 2.25. The molecule has 0 atom stereocenters. The van der Waals surface area contributed by atoms with Gasteiger partial charge >= 0.3 is 0 Å². The topological polar surface area (TPSA) is 21.3 Å². The average Bonchev–Trinajstić information content (AvgIpc) is 2.30. The van der Waals surface area contributed by atoms with Crippen LogP contribution in [0.15, 0.2) is 18.2 Å². The predicted molar refractivity (Wildman–Crippen MR) is 69.1 cm³/mol. The molecule has 0 unspecified atom stereocenters. The normalized spacial score (nSPS) is 10.2. The molecule has 90 valence electrons. The van der Waals surface area contributed by atoms with Gasteiger partial charge in [-0.3, -0.25) is 0 Å². The molecule has 0 saturated heterocycles. The summed E-state index contributed by atoms with van der Waals surface area (Å²) in [5.74, 6) is 1.47. The van der Waals surface area contributed by atoms with Crippen molar-refractivity contribution < 1.29 is 9.13 Å². The Bertz CT molecular complexity index is 320. The number of thioether (sulfide) groups is 1. The van der Waals surface area contributed by atoms with Crippen LogP contribution in [0, 0.1) is 5.82 Å². The summed E-state index contributed by atoms with van der Waals surface area (Å²) in [5, 5.41) is 3.25. The van der Waals surface area contributed by atoms with Crippen LogP contribution in [0.4, 0.5) is 10.1 Å². The Morgan fingerprint density at radius 3 is 2.88 bits per heavy atom. The van der Waals surface area contributed by atoms with Gasteiger partial charge in [0.1, 0.15) is 11.6 Å². The van der Waals surface area contributed by atoms with E-state index in [1.54, 1.807) is 13.2 Å². The second-order valence-electron chi connectivity index (χ2n) is 3.47. The lowest BCUT2D eigenvalue weighted by atomic mass is 10.2. The zero-order valence-electron chi connectivity index (χ0n) is 9.75. The predicted octanol–water partition coefficient (Wildman–Crippen LogP) is 3.39. The van der Waals surface area contributed by atoms with E-state index in [1.807, 2.05) is 11.8 Å². The highest BCUT2D eigenvalue weighted by Crippen LogP contribution is 2.24. The van der Waals surface area contributed by atoms with Crippen LogP contribution in [-0.4, -0.2) is 25.7 Å². The van der Waals surface area contributed by atoms with E-state index in [1.165, 1.54) is 24.3 Å². The van der Waals surface area contributed by atoms with Gasteiger partial charge in [-0.1, -0.05) is 0 Å². The molecule has 0 spiro atoms. The van der Waals surface area contributed by atoms with Crippen molar-refractivity contribution in [1.29, 1.82) is 0 Å². The highest BCUT2D eigenvalue weighted by atomic mass is 32.2. The van der Waals surface area contributed by atoms with Gasteiger partial charge in [0.25, 0.3) is 0 Å². The van der Waals surface area contributed by atoms with E-state index in [0.717, 1.165) is 18.7 Å². The minimum absolute atomic E-state index is 0.273. The summed E-state index contributed by atoms with van der Waals surface area (Å²) in [7, 11) is 1.55. The third kappa shape index (κ3) is 4.31. The Morgan fingerprint density at radius 1 is 1.38 bits per heavy atom. The van der Waals surface area contributed by atoms with Crippen LogP contribution in [0.3, 0.4) is 0 Å². The summed E-state index contributed by atoms with van der Waals surface area (Å²) in [6, 6.07) is 4.54. The average molecular weight is 243 g/mol. The van der Waals surface area contributed by atoms with E-state index < -0.39 is 0 Å². The molecule has 1 aromatic rings. The van der Waals surface area contributed by atoms with Gasteiger partial charge in [0.15, 0.2) is 0 Å². The smallest absolute Gasteiger partial charge is 0.144 e. The van der Waals surface area contributed by atoms with Gasteiger partial charge in [0.2, 0.25) is 0 Å². The quantitative estimate of drug-likeness (QED) is 0.742. The number of anilines is 1. The molecule has 2 nitrogen and oxygen atoms in total. The first-order valence-electron chi connectivity index (χ1n) is 5.34. The largest absolute Gasteiger partial charge is 0.494 e. The molecule has 0 heterocycles. The van der Waals surface area contributed by atoms with Gasteiger partial charge in [-0.2, -0.15) is 11.8 Å². The summed E-state index contributed by atoms with van der Waals surface area (Å²) in [5.41, 5.74) is 0.855. The van der Waals surface area contributed by atoms with Gasteiger partial charge in [0.05, 0.1) is 12.8 Å². The molecule has 0 aromatic heterocycles. The summed E-state index contributed by atoms with van der Waals surface area (Å²) in [4.78, 5) is 0. The van der Waals surface area contributed by atoms with Crippen molar-refractivity contribution in [3.63, 3.8) is 0 Å². The number of hydrogen-bond acceptors (Lipinski definition) is 3. The molecule has 1 rings (SSSR count). The molecule has 4 heteroatoms. The van der Waals surface area contributed by atoms with Crippen molar-refractivity contribution in [1.82, 2.24) is 0 Å². The Hall–Kier alpha value is -0.900. The highest BCUT2D eigenvalue weighted by molar-refractivity contribution is 7.98. The van der Waals surface area contributed by atoms with Crippen molar-refractivity contribution in [2.45, 2.75) is 12.8 Å². The van der Waals surface area contributed by atoms with E-state index >= 15 is 0 Å². The molecule has 0 aliphatic carbocycles. The molecule has 0 radical (unpaired) electrons. The van der Waals surface area contributed by atoms with Crippen LogP contribution in [0.25, 0.3) is 0 Å². The Kier molecular flexibility index (Phi) is 6.08. The summed E-state index contributed by atoms with van der Waals surface area (Å²) in [6.45, 7) is 0.891. The lowest BCUT2D eigenvalue weighted by Gasteiger charge is -2.10. The van der Waals surface area contributed by atoms with Crippen LogP contribution in [-0.2, 0) is 0 Å². The van der Waals surface area contributed by atoms with Crippen LogP contribution in [0.2, 0.25) is 0 Å². The van der Waals surface area contributed by atoms with E-state index in [2.05, 4.69) is 11.6 Å². The number of benzene rings is 1. The fraction of sp³-hybridized carbons (Fsp3) is 0.500. The fourth-order valence-electron chi connectivity index (χ4n) is 1.41. The van der Waals surface area contributed by atoms with Gasteiger partial charge < -0.3 is 10.1 Å². The Balaban J connectivity index is 2.41. The third-order valence-corrected chi connectivity index (χ3v) is 2.95. The minimum atomic E-state index is -0.273. The van der Waals surface area contributed by atoms with E-state index in [-0.39, 0.29) is 5.82 Å². The van der Waals surface area contributed by atoms with Crippen LogP contribution in [0.5, 0.6) is 5.75 Å². The van der Waals surface area contributed by atoms with E-state index in [4.69, 9.17) is 4.74 Å². The zero-order valence-corrected chi connectivity index (χ0v) is 10.6. The molecule has 1 aromatic carbocycles. The number of ether oxygens (including phenoxy) is 1. The summed E-state index contributed by atoms with van der Waals surface area (Å²) < 4.78 is 18.0. The van der Waals surface area contributed by atoms with Crippen molar-refractivity contribution in [3.8, 4) is 5.75 Å². The maximum atomic E-state index is 12.9. The summed E-state index contributed by atoms with van der Waals surface area (Å²) >= 11 is 1.86. The molecule has 0 amide bonds. The number of halogens is 1. The van der Waals surface area contributed by atoms with Crippen molar-refractivity contribution in [2.24, 2.45) is 0 Å². The second kappa shape index (κ2) is 7.39. The zero-order chi connectivity index (χ0) is 11.8. The van der Waals surface area contributed by atoms with Crippen LogP contribution >= 0.6 is 11.8 Å². The highest BCUT2D eigenvalue weighted by Gasteiger charge is 2.03. The van der Waals surface area contributed by atoms with Gasteiger partial charge in [0, 0.05) is 12.6 Å². The Labute approximate surface area is 101 Å². The standard InChI is InChI=1S/C12H18FNOS/c1-15-12-9-10(13)5-6-11(12)14-7-3-4-8-16-2/h5-6,9,14H,3-4,7-8H2,1-2H3. The first-order chi connectivity index (χ1) is 7.77. The van der Waals surface area contributed by atoms with Gasteiger partial charge in [-0.05, 0) is 37.0 Å². The number of hydrogen-bond donors (Lipinski definition) is 1. The SMILES string of the molecule is COc1cc(F)ccc1NCCCCSC. The molecule has 0 aliphatic heterocycles. The van der Waals surface area contributed by atoms with E-state index in [0.29, 0.717) is 5.75 Å². The lowest BCUT2D eigenvalue weighted by molar-refractivity contribution is 0.413. The van der Waals surface area contributed by atoms with Crippen LogP contribution < -0.4 is 10.1 Å².